The average molecular weight is 174 g/mol. The van der Waals surface area contributed by atoms with Gasteiger partial charge in [0.25, 0.3) is 5.24 Å². The minimum Gasteiger partial charge on any atom is -0.328 e. The van der Waals surface area contributed by atoms with E-state index in [-0.39, 0.29) is 10.8 Å². The van der Waals surface area contributed by atoms with Crippen LogP contribution in [0.1, 0.15) is 13.8 Å². The molecule has 1 amide bonds. The summed E-state index contributed by atoms with van der Waals surface area (Å²) in [6.07, 6.45) is 0. The highest BCUT2D eigenvalue weighted by atomic mass is 32.2. The van der Waals surface area contributed by atoms with Crippen molar-refractivity contribution in [3.8, 4) is 0 Å². The molecule has 64 valence electrons. The summed E-state index contributed by atoms with van der Waals surface area (Å²) < 4.78 is 0. The van der Waals surface area contributed by atoms with Gasteiger partial charge in [-0.25, -0.2) is 0 Å². The van der Waals surface area contributed by atoms with Crippen molar-refractivity contribution in [2.45, 2.75) is 19.4 Å². The number of amides is 1. The third kappa shape index (κ3) is 1.68. The van der Waals surface area contributed by atoms with Gasteiger partial charge in [-0.15, -0.1) is 0 Å². The summed E-state index contributed by atoms with van der Waals surface area (Å²) in [6, 6.07) is 0. The van der Waals surface area contributed by atoms with E-state index in [1.54, 1.807) is 0 Å². The van der Waals surface area contributed by atoms with Gasteiger partial charge >= 0.3 is 0 Å². The molecule has 0 aromatic heterocycles. The second-order valence-corrected chi connectivity index (χ2v) is 4.33. The Kier molecular flexibility index (Phi) is 2.44. The number of thioether (sulfide) groups is 1. The van der Waals surface area contributed by atoms with Crippen molar-refractivity contribution in [1.82, 2.24) is 4.90 Å². The quantitative estimate of drug-likeness (QED) is 0.676. The van der Waals surface area contributed by atoms with E-state index >= 15 is 0 Å². The molecule has 1 heterocycles. The zero-order valence-corrected chi connectivity index (χ0v) is 7.78. The molecule has 0 unspecified atom stereocenters. The van der Waals surface area contributed by atoms with Crippen LogP contribution in [0, 0.1) is 0 Å². The molecule has 1 fully saturated rings. The van der Waals surface area contributed by atoms with Crippen LogP contribution in [-0.2, 0) is 0 Å². The minimum absolute atomic E-state index is 0.166. The number of nitrogens with zero attached hydrogens (tertiary/aromatic N) is 1. The highest BCUT2D eigenvalue weighted by Crippen LogP contribution is 2.25. The van der Waals surface area contributed by atoms with Crippen LogP contribution in [0.5, 0.6) is 0 Å². The lowest BCUT2D eigenvalue weighted by atomic mass is 10.0. The molecule has 1 aliphatic heterocycles. The van der Waals surface area contributed by atoms with Crippen molar-refractivity contribution in [3.05, 3.63) is 0 Å². The predicted molar refractivity (Wildman–Crippen MR) is 47.7 cm³/mol. The van der Waals surface area contributed by atoms with Crippen molar-refractivity contribution in [3.63, 3.8) is 0 Å². The van der Waals surface area contributed by atoms with Crippen molar-refractivity contribution in [2.24, 2.45) is 5.73 Å². The van der Waals surface area contributed by atoms with E-state index in [1.807, 2.05) is 18.7 Å². The number of rotatable bonds is 2. The third-order valence-electron chi connectivity index (χ3n) is 1.99. The van der Waals surface area contributed by atoms with E-state index in [1.165, 1.54) is 11.8 Å². The first-order valence-electron chi connectivity index (χ1n) is 3.72. The molecule has 4 heteroatoms. The zero-order valence-electron chi connectivity index (χ0n) is 6.96. The van der Waals surface area contributed by atoms with Crippen LogP contribution in [0.4, 0.5) is 4.79 Å². The van der Waals surface area contributed by atoms with Gasteiger partial charge in [-0.1, -0.05) is 11.8 Å². The van der Waals surface area contributed by atoms with E-state index in [4.69, 9.17) is 5.73 Å². The first-order chi connectivity index (χ1) is 5.08. The molecule has 1 aliphatic rings. The van der Waals surface area contributed by atoms with Crippen LogP contribution >= 0.6 is 11.8 Å². The molecule has 0 radical (unpaired) electrons. The predicted octanol–water partition coefficient (Wildman–Crippen LogP) is 0.893. The number of carbonyl (C=O) groups is 1. The summed E-state index contributed by atoms with van der Waals surface area (Å²) in [5.74, 6) is 0.905. The SMILES string of the molecule is CC(C)(CN)N1CCSC1=O. The molecule has 1 saturated heterocycles. The van der Waals surface area contributed by atoms with Gasteiger partial charge in [0.1, 0.15) is 0 Å². The molecule has 3 nitrogen and oxygen atoms in total. The summed E-state index contributed by atoms with van der Waals surface area (Å²) >= 11 is 1.38. The number of hydrogen-bond donors (Lipinski definition) is 1. The third-order valence-corrected chi connectivity index (χ3v) is 2.85. The molecule has 0 aliphatic carbocycles. The average Bonchev–Trinajstić information content (AvgIpc) is 2.36. The first-order valence-corrected chi connectivity index (χ1v) is 4.71. The highest BCUT2D eigenvalue weighted by Gasteiger charge is 2.33. The van der Waals surface area contributed by atoms with E-state index in [2.05, 4.69) is 0 Å². The van der Waals surface area contributed by atoms with E-state index in [9.17, 15) is 4.79 Å². The lowest BCUT2D eigenvalue weighted by Gasteiger charge is -2.33. The van der Waals surface area contributed by atoms with Crippen LogP contribution in [0.2, 0.25) is 0 Å². The van der Waals surface area contributed by atoms with Gasteiger partial charge in [0.15, 0.2) is 0 Å². The molecule has 2 N–H and O–H groups in total. The molecule has 0 aromatic carbocycles. The van der Waals surface area contributed by atoms with Crippen LogP contribution in [0.3, 0.4) is 0 Å². The largest absolute Gasteiger partial charge is 0.328 e. The minimum atomic E-state index is -0.166. The summed E-state index contributed by atoms with van der Waals surface area (Å²) in [5, 5.41) is 0.167. The molecule has 0 saturated carbocycles. The topological polar surface area (TPSA) is 46.3 Å². The Morgan fingerprint density at radius 1 is 1.73 bits per heavy atom. The molecule has 0 aromatic rings. The lowest BCUT2D eigenvalue weighted by Crippen LogP contribution is -2.49. The fourth-order valence-corrected chi connectivity index (χ4v) is 2.00. The second kappa shape index (κ2) is 3.03. The van der Waals surface area contributed by atoms with Crippen molar-refractivity contribution < 1.29 is 4.79 Å². The van der Waals surface area contributed by atoms with Crippen LogP contribution in [0.25, 0.3) is 0 Å². The standard InChI is InChI=1S/C7H14N2OS/c1-7(2,5-8)9-3-4-11-6(9)10/h3-5,8H2,1-2H3. The molecular formula is C7H14N2OS. The van der Waals surface area contributed by atoms with Gasteiger partial charge in [0, 0.05) is 18.8 Å². The highest BCUT2D eigenvalue weighted by molar-refractivity contribution is 8.13. The van der Waals surface area contributed by atoms with Crippen LogP contribution < -0.4 is 5.73 Å². The Labute approximate surface area is 71.3 Å². The van der Waals surface area contributed by atoms with Gasteiger partial charge in [-0.2, -0.15) is 0 Å². The van der Waals surface area contributed by atoms with Crippen molar-refractivity contribution in [2.75, 3.05) is 18.8 Å². The summed E-state index contributed by atoms with van der Waals surface area (Å²) in [7, 11) is 0. The Morgan fingerprint density at radius 3 is 2.73 bits per heavy atom. The monoisotopic (exact) mass is 174 g/mol. The summed E-state index contributed by atoms with van der Waals surface area (Å²) in [4.78, 5) is 13.1. The maximum absolute atomic E-state index is 11.2. The maximum Gasteiger partial charge on any atom is 0.282 e. The normalized spacial score (nSPS) is 19.5. The van der Waals surface area contributed by atoms with E-state index < -0.39 is 0 Å². The number of nitrogens with two attached hydrogens (primary N) is 1. The molecule has 0 atom stereocenters. The van der Waals surface area contributed by atoms with Crippen molar-refractivity contribution in [1.29, 1.82) is 0 Å². The van der Waals surface area contributed by atoms with Gasteiger partial charge in [0.2, 0.25) is 0 Å². The fraction of sp³-hybridized carbons (Fsp3) is 0.857. The lowest BCUT2D eigenvalue weighted by molar-refractivity contribution is 0.172. The Morgan fingerprint density at radius 2 is 2.36 bits per heavy atom. The van der Waals surface area contributed by atoms with Gasteiger partial charge in [-0.3, -0.25) is 4.79 Å². The Balaban J connectivity index is 2.65. The summed E-state index contributed by atoms with van der Waals surface area (Å²) in [6.45, 7) is 5.36. The summed E-state index contributed by atoms with van der Waals surface area (Å²) in [5.41, 5.74) is 5.38. The fourth-order valence-electron chi connectivity index (χ4n) is 1.05. The smallest absolute Gasteiger partial charge is 0.282 e. The van der Waals surface area contributed by atoms with Gasteiger partial charge < -0.3 is 10.6 Å². The maximum atomic E-state index is 11.2. The van der Waals surface area contributed by atoms with Crippen LogP contribution in [0.15, 0.2) is 0 Å². The number of carbonyl (C=O) groups excluding carboxylic acids is 1. The molecule has 0 bridgehead atoms. The second-order valence-electron chi connectivity index (χ2n) is 3.28. The zero-order chi connectivity index (χ0) is 8.48. The molecule has 1 rings (SSSR count). The molecule has 0 spiro atoms. The van der Waals surface area contributed by atoms with Gasteiger partial charge in [-0.05, 0) is 13.8 Å². The molecular weight excluding hydrogens is 160 g/mol. The van der Waals surface area contributed by atoms with Crippen LogP contribution in [-0.4, -0.2) is 34.5 Å². The van der Waals surface area contributed by atoms with Gasteiger partial charge in [0.05, 0.1) is 5.54 Å². The molecule has 11 heavy (non-hydrogen) atoms. The Hall–Kier alpha value is -0.220. The first kappa shape index (κ1) is 8.87. The number of hydrogen-bond acceptors (Lipinski definition) is 3. The van der Waals surface area contributed by atoms with E-state index in [0.717, 1.165) is 12.3 Å². The van der Waals surface area contributed by atoms with E-state index in [0.29, 0.717) is 6.54 Å². The Bertz CT molecular complexity index is 170. The van der Waals surface area contributed by atoms with Crippen molar-refractivity contribution >= 4 is 17.0 Å².